The average molecular weight is 635 g/mol. The van der Waals surface area contributed by atoms with Crippen molar-refractivity contribution in [1.29, 1.82) is 0 Å². The Kier molecular flexibility index (Phi) is 30.1. The largest absolute Gasteiger partial charge is 0.314 e. The summed E-state index contributed by atoms with van der Waals surface area (Å²) in [7, 11) is 6.16. The van der Waals surface area contributed by atoms with Crippen LogP contribution in [-0.2, 0) is 9.59 Å². The summed E-state index contributed by atoms with van der Waals surface area (Å²) in [5.74, 6) is 0.385. The summed E-state index contributed by atoms with van der Waals surface area (Å²) in [6.45, 7) is 6.63. The van der Waals surface area contributed by atoms with E-state index >= 15 is 0 Å². The lowest BCUT2D eigenvalue weighted by Gasteiger charge is -2.43. The third-order valence-electron chi connectivity index (χ3n) is 10.6. The molecule has 0 aromatic heterocycles. The molecule has 0 N–H and O–H groups in total. The molecule has 45 heavy (non-hydrogen) atoms. The van der Waals surface area contributed by atoms with Gasteiger partial charge in [0.2, 0.25) is 17.1 Å². The van der Waals surface area contributed by atoms with Crippen LogP contribution in [0.15, 0.2) is 0 Å². The van der Waals surface area contributed by atoms with Crippen molar-refractivity contribution in [1.82, 2.24) is 0 Å². The number of quaternary nitrogens is 1. The minimum atomic E-state index is -0.869. The SMILES string of the molecule is CCCCCCCCCCCCCCCCCC(=O)C(CC)(C(=O)CCCCCCCCCCCCCCCCC)[N+](C)(C)C. The maximum absolute atomic E-state index is 13.6. The van der Waals surface area contributed by atoms with Crippen LogP contribution in [-0.4, -0.2) is 42.7 Å². The lowest BCUT2D eigenvalue weighted by molar-refractivity contribution is -0.902. The minimum Gasteiger partial charge on any atom is -0.314 e. The summed E-state index contributed by atoms with van der Waals surface area (Å²) >= 11 is 0. The molecule has 0 bridgehead atoms. The Morgan fingerprint density at radius 2 is 0.556 bits per heavy atom. The molecule has 0 fully saturated rings. The van der Waals surface area contributed by atoms with Gasteiger partial charge in [-0.15, -0.1) is 0 Å². The molecule has 0 heterocycles. The molecule has 0 aromatic carbocycles. The summed E-state index contributed by atoms with van der Waals surface area (Å²) in [6, 6.07) is 0. The van der Waals surface area contributed by atoms with Gasteiger partial charge < -0.3 is 4.48 Å². The quantitative estimate of drug-likeness (QED) is 0.0390. The Bertz CT molecular complexity index is 618. The number of Topliss-reactive ketones (excluding diaryl/α,β-unsaturated/α-hetero) is 2. The third-order valence-corrected chi connectivity index (χ3v) is 10.6. The normalized spacial score (nSPS) is 12.2. The number of unbranched alkanes of at least 4 members (excludes halogenated alkanes) is 28. The molecule has 0 saturated carbocycles. The maximum Gasteiger partial charge on any atom is 0.216 e. The fourth-order valence-electron chi connectivity index (χ4n) is 7.50. The van der Waals surface area contributed by atoms with Gasteiger partial charge in [-0.3, -0.25) is 9.59 Å². The number of carbonyl (C=O) groups excluding carboxylic acids is 2. The number of carbonyl (C=O) groups is 2. The Morgan fingerprint density at radius 3 is 0.733 bits per heavy atom. The molecule has 0 spiro atoms. The van der Waals surface area contributed by atoms with Gasteiger partial charge in [0.25, 0.3) is 0 Å². The highest BCUT2D eigenvalue weighted by Gasteiger charge is 2.53. The van der Waals surface area contributed by atoms with Crippen molar-refractivity contribution in [2.24, 2.45) is 0 Å². The van der Waals surface area contributed by atoms with Gasteiger partial charge in [-0.25, -0.2) is 0 Å². The van der Waals surface area contributed by atoms with Gasteiger partial charge >= 0.3 is 0 Å². The van der Waals surface area contributed by atoms with Crippen LogP contribution in [0.3, 0.4) is 0 Å². The lowest BCUT2D eigenvalue weighted by atomic mass is 9.79. The fraction of sp³-hybridized carbons (Fsp3) is 0.952. The van der Waals surface area contributed by atoms with Crippen molar-refractivity contribution >= 4 is 11.6 Å². The zero-order valence-electron chi connectivity index (χ0n) is 32.1. The number of likely N-dealkylation sites (N-methyl/N-ethyl adjacent to an activating group) is 1. The minimum absolute atomic E-state index is 0.193. The molecule has 0 aliphatic carbocycles. The topological polar surface area (TPSA) is 34.1 Å². The molecule has 0 aliphatic heterocycles. The maximum atomic E-state index is 13.6. The van der Waals surface area contributed by atoms with Gasteiger partial charge in [0, 0.05) is 19.3 Å². The van der Waals surface area contributed by atoms with Crippen LogP contribution in [0.1, 0.15) is 233 Å². The highest BCUT2D eigenvalue weighted by atomic mass is 16.2. The second kappa shape index (κ2) is 30.6. The first-order valence-electron chi connectivity index (χ1n) is 20.7. The molecule has 0 rings (SSSR count). The summed E-state index contributed by atoms with van der Waals surface area (Å²) in [4.78, 5) is 27.3. The summed E-state index contributed by atoms with van der Waals surface area (Å²) in [5, 5.41) is 0. The van der Waals surface area contributed by atoms with E-state index in [1.54, 1.807) is 0 Å². The Morgan fingerprint density at radius 1 is 0.356 bits per heavy atom. The Labute approximate surface area is 284 Å². The number of nitrogens with zero attached hydrogens (tertiary/aromatic N) is 1. The van der Waals surface area contributed by atoms with Crippen LogP contribution in [0.5, 0.6) is 0 Å². The summed E-state index contributed by atoms with van der Waals surface area (Å²) < 4.78 is 0.429. The van der Waals surface area contributed by atoms with Crippen LogP contribution in [0.2, 0.25) is 0 Å². The molecule has 0 saturated heterocycles. The van der Waals surface area contributed by atoms with E-state index in [9.17, 15) is 9.59 Å². The average Bonchev–Trinajstić information content (AvgIpc) is 3.01. The van der Waals surface area contributed by atoms with Gasteiger partial charge in [0.1, 0.15) is 0 Å². The van der Waals surface area contributed by atoms with E-state index in [4.69, 9.17) is 0 Å². The zero-order chi connectivity index (χ0) is 33.5. The van der Waals surface area contributed by atoms with E-state index < -0.39 is 5.54 Å². The predicted molar refractivity (Wildman–Crippen MR) is 200 cm³/mol. The van der Waals surface area contributed by atoms with Crippen LogP contribution in [0.4, 0.5) is 0 Å². The zero-order valence-corrected chi connectivity index (χ0v) is 32.1. The van der Waals surface area contributed by atoms with E-state index in [1.165, 1.54) is 167 Å². The van der Waals surface area contributed by atoms with Crippen molar-refractivity contribution in [2.45, 2.75) is 238 Å². The Balaban J connectivity index is 4.06. The lowest BCUT2D eigenvalue weighted by Crippen LogP contribution is -2.66. The first-order valence-corrected chi connectivity index (χ1v) is 20.7. The van der Waals surface area contributed by atoms with Crippen LogP contribution in [0, 0.1) is 0 Å². The molecular weight excluding hydrogens is 550 g/mol. The third kappa shape index (κ3) is 22.5. The molecule has 0 aliphatic rings. The predicted octanol–water partition coefficient (Wildman–Crippen LogP) is 13.5. The molecule has 0 unspecified atom stereocenters. The van der Waals surface area contributed by atoms with Crippen LogP contribution < -0.4 is 0 Å². The molecule has 0 aromatic rings. The van der Waals surface area contributed by atoms with Gasteiger partial charge in [0.05, 0.1) is 21.1 Å². The second-order valence-corrected chi connectivity index (χ2v) is 15.5. The summed E-state index contributed by atoms with van der Waals surface area (Å²) in [5.41, 5.74) is -0.869. The van der Waals surface area contributed by atoms with Crippen LogP contribution in [0.25, 0.3) is 0 Å². The van der Waals surface area contributed by atoms with E-state index in [0.29, 0.717) is 23.7 Å². The molecule has 268 valence electrons. The van der Waals surface area contributed by atoms with E-state index in [2.05, 4.69) is 41.9 Å². The van der Waals surface area contributed by atoms with Gasteiger partial charge in [0.15, 0.2) is 0 Å². The first-order chi connectivity index (χ1) is 21.8. The summed E-state index contributed by atoms with van der Waals surface area (Å²) in [6.07, 6.45) is 41.6. The number of ketones is 2. The van der Waals surface area contributed by atoms with Gasteiger partial charge in [-0.2, -0.15) is 0 Å². The monoisotopic (exact) mass is 635 g/mol. The van der Waals surface area contributed by atoms with E-state index in [1.807, 2.05) is 0 Å². The van der Waals surface area contributed by atoms with E-state index in [-0.39, 0.29) is 11.6 Å². The molecule has 0 atom stereocenters. The molecule has 0 radical (unpaired) electrons. The highest BCUT2D eigenvalue weighted by Crippen LogP contribution is 2.30. The first kappa shape index (κ1) is 44.3. The van der Waals surface area contributed by atoms with Gasteiger partial charge in [-0.1, -0.05) is 201 Å². The number of hydrogen-bond donors (Lipinski definition) is 0. The van der Waals surface area contributed by atoms with E-state index in [0.717, 1.165) is 25.7 Å². The van der Waals surface area contributed by atoms with Crippen molar-refractivity contribution in [3.05, 3.63) is 0 Å². The Hall–Kier alpha value is -0.700. The highest BCUT2D eigenvalue weighted by molar-refractivity contribution is 6.10. The standard InChI is InChI=1S/C42H84NO2/c1-7-10-12-14-16-18-20-22-24-26-28-30-32-34-36-38-40(44)42(9-3,43(4,5)6)41(45)39-37-35-33-31-29-27-25-23-21-19-17-15-13-11-8-2/h7-39H2,1-6H3/q+1. The van der Waals surface area contributed by atoms with Crippen LogP contribution >= 0.6 is 0 Å². The fourth-order valence-corrected chi connectivity index (χ4v) is 7.50. The smallest absolute Gasteiger partial charge is 0.216 e. The molecule has 3 nitrogen and oxygen atoms in total. The molecule has 3 heteroatoms. The van der Waals surface area contributed by atoms with Gasteiger partial charge in [-0.05, 0) is 12.8 Å². The second-order valence-electron chi connectivity index (χ2n) is 15.5. The number of hydrogen-bond acceptors (Lipinski definition) is 2. The van der Waals surface area contributed by atoms with Crippen molar-refractivity contribution in [3.8, 4) is 0 Å². The van der Waals surface area contributed by atoms with Crippen molar-refractivity contribution in [3.63, 3.8) is 0 Å². The number of rotatable bonds is 36. The molecular formula is C42H84NO2+. The van der Waals surface area contributed by atoms with Crippen molar-refractivity contribution < 1.29 is 14.1 Å². The van der Waals surface area contributed by atoms with Crippen molar-refractivity contribution in [2.75, 3.05) is 21.1 Å². The molecule has 0 amide bonds.